The highest BCUT2D eigenvalue weighted by atomic mass is 32.1. The topological polar surface area (TPSA) is 43.1 Å². The van der Waals surface area contributed by atoms with E-state index in [1.165, 1.54) is 11.3 Å². The van der Waals surface area contributed by atoms with Crippen molar-refractivity contribution in [3.05, 3.63) is 70.9 Å². The van der Waals surface area contributed by atoms with Gasteiger partial charge in [0.05, 0.1) is 0 Å². The monoisotopic (exact) mass is 279 g/mol. The molecule has 0 aliphatic heterocycles. The van der Waals surface area contributed by atoms with Gasteiger partial charge in [-0.1, -0.05) is 60.7 Å². The van der Waals surface area contributed by atoms with Crippen LogP contribution in [0.15, 0.2) is 66.0 Å². The Hall–Kier alpha value is -2.39. The summed E-state index contributed by atoms with van der Waals surface area (Å²) in [4.78, 5) is 12.3. The van der Waals surface area contributed by atoms with Crippen molar-refractivity contribution < 1.29 is 4.79 Å². The lowest BCUT2D eigenvalue weighted by molar-refractivity contribution is 0.100. The van der Waals surface area contributed by atoms with Crippen LogP contribution in [0.25, 0.3) is 22.3 Å². The van der Waals surface area contributed by atoms with Crippen LogP contribution in [-0.2, 0) is 0 Å². The summed E-state index contributed by atoms with van der Waals surface area (Å²) < 4.78 is 0. The molecule has 20 heavy (non-hydrogen) atoms. The molecule has 0 aliphatic carbocycles. The molecule has 2 N–H and O–H groups in total. The van der Waals surface area contributed by atoms with Crippen molar-refractivity contribution in [2.75, 3.05) is 0 Å². The van der Waals surface area contributed by atoms with Crippen LogP contribution in [0.1, 0.15) is 9.67 Å². The number of carbonyl (C=O) groups is 1. The van der Waals surface area contributed by atoms with Crippen molar-refractivity contribution in [2.24, 2.45) is 5.73 Å². The second-order valence-electron chi connectivity index (χ2n) is 4.45. The molecule has 0 aliphatic rings. The molecule has 0 atom stereocenters. The van der Waals surface area contributed by atoms with E-state index < -0.39 is 0 Å². The third-order valence-corrected chi connectivity index (χ3v) is 4.16. The van der Waals surface area contributed by atoms with Crippen molar-refractivity contribution in [2.45, 2.75) is 0 Å². The van der Waals surface area contributed by atoms with Crippen LogP contribution >= 0.6 is 11.3 Å². The summed E-state index contributed by atoms with van der Waals surface area (Å²) >= 11 is 1.40. The van der Waals surface area contributed by atoms with E-state index >= 15 is 0 Å². The highest BCUT2D eigenvalue weighted by Gasteiger charge is 2.18. The summed E-state index contributed by atoms with van der Waals surface area (Å²) in [5.74, 6) is -0.379. The van der Waals surface area contributed by atoms with E-state index in [1.807, 2.05) is 66.0 Å². The van der Waals surface area contributed by atoms with Gasteiger partial charge in [-0.05, 0) is 11.1 Å². The molecule has 0 radical (unpaired) electrons. The van der Waals surface area contributed by atoms with E-state index in [9.17, 15) is 4.79 Å². The minimum atomic E-state index is -0.379. The Kier molecular flexibility index (Phi) is 3.35. The SMILES string of the molecule is NC(=O)c1scc(-c2ccccc2)c1-c1ccccc1. The highest BCUT2D eigenvalue weighted by molar-refractivity contribution is 7.13. The molecular formula is C17H13NOS. The molecule has 1 amide bonds. The van der Waals surface area contributed by atoms with Crippen LogP contribution in [0.5, 0.6) is 0 Å². The Morgan fingerprint density at radius 2 is 1.40 bits per heavy atom. The van der Waals surface area contributed by atoms with Crippen molar-refractivity contribution in [1.29, 1.82) is 0 Å². The summed E-state index contributed by atoms with van der Waals surface area (Å²) in [5.41, 5.74) is 9.60. The fourth-order valence-corrected chi connectivity index (χ4v) is 3.21. The molecule has 2 nitrogen and oxygen atoms in total. The molecular weight excluding hydrogens is 266 g/mol. The van der Waals surface area contributed by atoms with Gasteiger partial charge >= 0.3 is 0 Å². The predicted octanol–water partition coefficient (Wildman–Crippen LogP) is 4.18. The van der Waals surface area contributed by atoms with Gasteiger partial charge in [0.15, 0.2) is 0 Å². The van der Waals surface area contributed by atoms with E-state index in [0.29, 0.717) is 4.88 Å². The molecule has 98 valence electrons. The summed E-state index contributed by atoms with van der Waals surface area (Å²) in [7, 11) is 0. The van der Waals surface area contributed by atoms with Gasteiger partial charge in [-0.3, -0.25) is 4.79 Å². The van der Waals surface area contributed by atoms with Gasteiger partial charge in [-0.25, -0.2) is 0 Å². The quantitative estimate of drug-likeness (QED) is 0.768. The summed E-state index contributed by atoms with van der Waals surface area (Å²) in [6.45, 7) is 0. The zero-order valence-corrected chi connectivity index (χ0v) is 11.6. The van der Waals surface area contributed by atoms with Crippen LogP contribution in [0.2, 0.25) is 0 Å². The maximum Gasteiger partial charge on any atom is 0.259 e. The first-order valence-electron chi connectivity index (χ1n) is 6.29. The van der Waals surface area contributed by atoms with Crippen LogP contribution in [-0.4, -0.2) is 5.91 Å². The van der Waals surface area contributed by atoms with Crippen molar-refractivity contribution >= 4 is 17.2 Å². The van der Waals surface area contributed by atoms with Crippen LogP contribution in [0.4, 0.5) is 0 Å². The molecule has 3 heteroatoms. The fraction of sp³-hybridized carbons (Fsp3) is 0. The smallest absolute Gasteiger partial charge is 0.259 e. The summed E-state index contributed by atoms with van der Waals surface area (Å²) in [6, 6.07) is 19.9. The Balaban J connectivity index is 2.25. The van der Waals surface area contributed by atoms with E-state index in [1.54, 1.807) is 0 Å². The Bertz CT molecular complexity index is 732. The summed E-state index contributed by atoms with van der Waals surface area (Å²) in [6.07, 6.45) is 0. The molecule has 0 spiro atoms. The van der Waals surface area contributed by atoms with Gasteiger partial charge in [0.1, 0.15) is 4.88 Å². The van der Waals surface area contributed by atoms with Gasteiger partial charge in [-0.2, -0.15) is 0 Å². The average molecular weight is 279 g/mol. The maximum absolute atomic E-state index is 11.7. The van der Waals surface area contributed by atoms with Crippen LogP contribution in [0, 0.1) is 0 Å². The number of carbonyl (C=O) groups excluding carboxylic acids is 1. The molecule has 3 rings (SSSR count). The number of nitrogens with two attached hydrogens (primary N) is 1. The lowest BCUT2D eigenvalue weighted by atomic mass is 9.97. The number of amides is 1. The fourth-order valence-electron chi connectivity index (χ4n) is 2.26. The number of hydrogen-bond acceptors (Lipinski definition) is 2. The maximum atomic E-state index is 11.7. The Morgan fingerprint density at radius 1 is 0.850 bits per heavy atom. The molecule has 0 bridgehead atoms. The Labute approximate surface area is 121 Å². The van der Waals surface area contributed by atoms with E-state index in [-0.39, 0.29) is 5.91 Å². The minimum absolute atomic E-state index is 0.379. The molecule has 0 saturated heterocycles. The predicted molar refractivity (Wildman–Crippen MR) is 83.7 cm³/mol. The van der Waals surface area contributed by atoms with Crippen LogP contribution < -0.4 is 5.73 Å². The van der Waals surface area contributed by atoms with Gasteiger partial charge < -0.3 is 5.73 Å². The second kappa shape index (κ2) is 5.31. The number of hydrogen-bond donors (Lipinski definition) is 1. The van der Waals surface area contributed by atoms with Gasteiger partial charge in [0, 0.05) is 16.5 Å². The second-order valence-corrected chi connectivity index (χ2v) is 5.33. The Morgan fingerprint density at radius 3 is 1.95 bits per heavy atom. The third kappa shape index (κ3) is 2.24. The lowest BCUT2D eigenvalue weighted by Gasteiger charge is -2.06. The molecule has 0 unspecified atom stereocenters. The van der Waals surface area contributed by atoms with E-state index in [2.05, 4.69) is 0 Å². The molecule has 3 aromatic rings. The average Bonchev–Trinajstić information content (AvgIpc) is 2.94. The first-order valence-corrected chi connectivity index (χ1v) is 7.17. The van der Waals surface area contributed by atoms with Crippen molar-refractivity contribution in [3.63, 3.8) is 0 Å². The van der Waals surface area contributed by atoms with Crippen molar-refractivity contribution in [3.8, 4) is 22.3 Å². The molecule has 0 fully saturated rings. The van der Waals surface area contributed by atoms with Gasteiger partial charge in [0.25, 0.3) is 5.91 Å². The number of thiophene rings is 1. The van der Waals surface area contributed by atoms with Crippen molar-refractivity contribution in [1.82, 2.24) is 0 Å². The highest BCUT2D eigenvalue weighted by Crippen LogP contribution is 2.38. The molecule has 0 saturated carbocycles. The number of rotatable bonds is 3. The van der Waals surface area contributed by atoms with E-state index in [4.69, 9.17) is 5.73 Å². The largest absolute Gasteiger partial charge is 0.365 e. The normalized spacial score (nSPS) is 10.4. The zero-order valence-electron chi connectivity index (χ0n) is 10.7. The summed E-state index contributed by atoms with van der Waals surface area (Å²) in [5, 5.41) is 2.00. The number of benzene rings is 2. The first kappa shape index (κ1) is 12.6. The minimum Gasteiger partial charge on any atom is -0.365 e. The van der Waals surface area contributed by atoms with Gasteiger partial charge in [0.2, 0.25) is 0 Å². The molecule has 1 aromatic heterocycles. The van der Waals surface area contributed by atoms with Gasteiger partial charge in [-0.15, -0.1) is 11.3 Å². The number of primary amides is 1. The zero-order chi connectivity index (χ0) is 13.9. The molecule has 2 aromatic carbocycles. The first-order chi connectivity index (χ1) is 9.77. The third-order valence-electron chi connectivity index (χ3n) is 3.16. The standard InChI is InChI=1S/C17H13NOS/c18-17(19)16-15(13-9-5-2-6-10-13)14(11-20-16)12-7-3-1-4-8-12/h1-11H,(H2,18,19). The van der Waals surface area contributed by atoms with Crippen LogP contribution in [0.3, 0.4) is 0 Å². The molecule has 1 heterocycles. The lowest BCUT2D eigenvalue weighted by Crippen LogP contribution is -2.10. The van der Waals surface area contributed by atoms with E-state index in [0.717, 1.165) is 22.3 Å².